The molecular weight excluding hydrogens is 408 g/mol. The molecular formula is C30H50O3. The lowest BCUT2D eigenvalue weighted by Gasteiger charge is -2.60. The van der Waals surface area contributed by atoms with E-state index in [1.165, 1.54) is 64.2 Å². The van der Waals surface area contributed by atoms with Gasteiger partial charge in [-0.2, -0.15) is 0 Å². The van der Waals surface area contributed by atoms with E-state index in [0.29, 0.717) is 29.5 Å². The van der Waals surface area contributed by atoms with Gasteiger partial charge >= 0.3 is 5.97 Å². The fourth-order valence-electron chi connectivity index (χ4n) is 8.74. The summed E-state index contributed by atoms with van der Waals surface area (Å²) in [7, 11) is 0. The highest BCUT2D eigenvalue weighted by Crippen LogP contribution is 2.65. The van der Waals surface area contributed by atoms with Crippen LogP contribution in [0.1, 0.15) is 136 Å². The van der Waals surface area contributed by atoms with Gasteiger partial charge < -0.3 is 4.74 Å². The molecule has 7 atom stereocenters. The molecule has 0 aromatic heterocycles. The van der Waals surface area contributed by atoms with Crippen LogP contribution >= 0.6 is 0 Å². The molecule has 0 aliphatic heterocycles. The van der Waals surface area contributed by atoms with Crippen molar-refractivity contribution in [2.75, 3.05) is 0 Å². The molecule has 0 saturated heterocycles. The van der Waals surface area contributed by atoms with E-state index in [1.807, 2.05) is 0 Å². The number of ether oxygens (including phenoxy) is 1. The van der Waals surface area contributed by atoms with Crippen LogP contribution in [0.25, 0.3) is 0 Å². The molecule has 0 heterocycles. The number of hydrogen-bond donors (Lipinski definition) is 0. The van der Waals surface area contributed by atoms with Gasteiger partial charge in [-0.3, -0.25) is 9.59 Å². The van der Waals surface area contributed by atoms with E-state index in [9.17, 15) is 9.59 Å². The number of esters is 1. The molecule has 4 fully saturated rings. The predicted octanol–water partition coefficient (Wildman–Crippen LogP) is 8.04. The molecule has 0 bridgehead atoms. The molecule has 4 saturated carbocycles. The van der Waals surface area contributed by atoms with Crippen molar-refractivity contribution in [3.05, 3.63) is 0 Å². The molecule has 0 amide bonds. The summed E-state index contributed by atoms with van der Waals surface area (Å²) in [6.07, 6.45) is 21.0. The van der Waals surface area contributed by atoms with Gasteiger partial charge in [-0.05, 0) is 86.9 Å². The Morgan fingerprint density at radius 3 is 2.36 bits per heavy atom. The molecule has 3 nitrogen and oxygen atoms in total. The second-order valence-electron chi connectivity index (χ2n) is 12.7. The van der Waals surface area contributed by atoms with Crippen molar-refractivity contribution in [3.8, 4) is 0 Å². The minimum atomic E-state index is -0.0212. The summed E-state index contributed by atoms with van der Waals surface area (Å²) >= 11 is 0. The highest BCUT2D eigenvalue weighted by atomic mass is 16.5. The van der Waals surface area contributed by atoms with E-state index < -0.39 is 0 Å². The lowest BCUT2D eigenvalue weighted by atomic mass is 9.45. The molecule has 0 N–H and O–H groups in total. The van der Waals surface area contributed by atoms with Crippen LogP contribution < -0.4 is 0 Å². The van der Waals surface area contributed by atoms with Gasteiger partial charge in [-0.15, -0.1) is 0 Å². The van der Waals surface area contributed by atoms with Gasteiger partial charge in [0, 0.05) is 18.3 Å². The zero-order valence-corrected chi connectivity index (χ0v) is 21.8. The van der Waals surface area contributed by atoms with Crippen LogP contribution in [0.4, 0.5) is 0 Å². The van der Waals surface area contributed by atoms with Crippen LogP contribution in [0.5, 0.6) is 0 Å². The van der Waals surface area contributed by atoms with E-state index in [1.54, 1.807) is 0 Å². The van der Waals surface area contributed by atoms with Gasteiger partial charge in [-0.25, -0.2) is 0 Å². The minimum absolute atomic E-state index is 0.0212. The zero-order valence-electron chi connectivity index (χ0n) is 21.8. The first kappa shape index (κ1) is 25.2. The van der Waals surface area contributed by atoms with Crippen molar-refractivity contribution >= 4 is 11.8 Å². The van der Waals surface area contributed by atoms with Crippen LogP contribution in [0.15, 0.2) is 0 Å². The molecule has 33 heavy (non-hydrogen) atoms. The van der Waals surface area contributed by atoms with Crippen molar-refractivity contribution in [2.24, 2.45) is 34.5 Å². The summed E-state index contributed by atoms with van der Waals surface area (Å²) in [5, 5.41) is 0. The molecule has 1 unspecified atom stereocenters. The van der Waals surface area contributed by atoms with Gasteiger partial charge in [-0.1, -0.05) is 65.7 Å². The van der Waals surface area contributed by atoms with Crippen molar-refractivity contribution in [1.29, 1.82) is 0 Å². The Bertz CT molecular complexity index is 686. The van der Waals surface area contributed by atoms with E-state index in [-0.39, 0.29) is 17.5 Å². The quantitative estimate of drug-likeness (QED) is 0.246. The summed E-state index contributed by atoms with van der Waals surface area (Å²) in [6, 6.07) is 0. The summed E-state index contributed by atoms with van der Waals surface area (Å²) < 4.78 is 6.00. The first-order valence-corrected chi connectivity index (χ1v) is 14.6. The molecule has 4 rings (SSSR count). The molecule has 4 aliphatic carbocycles. The Kier molecular flexibility index (Phi) is 8.27. The van der Waals surface area contributed by atoms with E-state index in [0.717, 1.165) is 56.8 Å². The number of ketones is 1. The lowest BCUT2D eigenvalue weighted by molar-refractivity contribution is -0.162. The minimum Gasteiger partial charge on any atom is -0.462 e. The topological polar surface area (TPSA) is 43.4 Å². The Balaban J connectivity index is 1.21. The third kappa shape index (κ3) is 5.22. The third-order valence-corrected chi connectivity index (χ3v) is 10.9. The fraction of sp³-hybridized carbons (Fsp3) is 0.933. The molecule has 0 aromatic carbocycles. The highest BCUT2D eigenvalue weighted by Gasteiger charge is 2.60. The van der Waals surface area contributed by atoms with Crippen LogP contribution in [-0.2, 0) is 14.3 Å². The first-order chi connectivity index (χ1) is 15.9. The van der Waals surface area contributed by atoms with Crippen LogP contribution in [0.2, 0.25) is 0 Å². The van der Waals surface area contributed by atoms with Crippen LogP contribution in [0, 0.1) is 34.5 Å². The summed E-state index contributed by atoms with van der Waals surface area (Å²) in [5.41, 5.74) is 0.364. The Morgan fingerprint density at radius 1 is 0.879 bits per heavy atom. The van der Waals surface area contributed by atoms with Crippen molar-refractivity contribution in [2.45, 2.75) is 142 Å². The van der Waals surface area contributed by atoms with Gasteiger partial charge in [0.25, 0.3) is 0 Å². The number of Topliss-reactive ketones (excluding diaryl/α,β-unsaturated/α-hetero) is 1. The maximum Gasteiger partial charge on any atom is 0.306 e. The Morgan fingerprint density at radius 2 is 1.61 bits per heavy atom. The molecule has 0 aromatic rings. The average molecular weight is 459 g/mol. The van der Waals surface area contributed by atoms with Crippen LogP contribution in [0.3, 0.4) is 0 Å². The van der Waals surface area contributed by atoms with E-state index >= 15 is 0 Å². The molecule has 0 radical (unpaired) electrons. The number of carbonyl (C=O) groups is 2. The van der Waals surface area contributed by atoms with Gasteiger partial charge in [0.2, 0.25) is 0 Å². The maximum absolute atomic E-state index is 12.6. The Labute approximate surface area is 203 Å². The summed E-state index contributed by atoms with van der Waals surface area (Å²) in [4.78, 5) is 25.1. The van der Waals surface area contributed by atoms with Crippen LogP contribution in [-0.4, -0.2) is 17.9 Å². The SMILES string of the molecule is CCCCCCCCCCC(=O)O[C@H]1CC[C@@]2(C)C(CC[C@@H]3[C@@H]2CC[C@]2(C)C(=O)CC[C@@H]32)C1. The first-order valence-electron chi connectivity index (χ1n) is 14.6. The normalized spacial score (nSPS) is 40.1. The van der Waals surface area contributed by atoms with Gasteiger partial charge in [0.05, 0.1) is 0 Å². The van der Waals surface area contributed by atoms with E-state index in [4.69, 9.17) is 4.74 Å². The molecule has 0 spiro atoms. The number of hydrogen-bond acceptors (Lipinski definition) is 3. The Hall–Kier alpha value is -0.860. The van der Waals surface area contributed by atoms with Gasteiger partial charge in [0.1, 0.15) is 11.9 Å². The molecule has 188 valence electrons. The van der Waals surface area contributed by atoms with Crippen molar-refractivity contribution in [3.63, 3.8) is 0 Å². The third-order valence-electron chi connectivity index (χ3n) is 10.9. The van der Waals surface area contributed by atoms with Gasteiger partial charge in [0.15, 0.2) is 0 Å². The number of rotatable bonds is 10. The number of unbranched alkanes of at least 4 members (excludes halogenated alkanes) is 7. The second kappa shape index (κ2) is 10.8. The number of carbonyl (C=O) groups excluding carboxylic acids is 2. The van der Waals surface area contributed by atoms with Crippen molar-refractivity contribution < 1.29 is 14.3 Å². The van der Waals surface area contributed by atoms with E-state index in [2.05, 4.69) is 20.8 Å². The molecule has 3 heteroatoms. The zero-order chi connectivity index (χ0) is 23.5. The highest BCUT2D eigenvalue weighted by molar-refractivity contribution is 5.87. The summed E-state index contributed by atoms with van der Waals surface area (Å²) in [6.45, 7) is 7.08. The molecule has 4 aliphatic rings. The number of fused-ring (bicyclic) bond motifs is 5. The maximum atomic E-state index is 12.6. The smallest absolute Gasteiger partial charge is 0.306 e. The van der Waals surface area contributed by atoms with Crippen molar-refractivity contribution in [1.82, 2.24) is 0 Å². The standard InChI is InChI=1S/C30H50O3/c1-4-5-6-7-8-9-10-11-12-28(32)33-23-17-19-29(2)22(21-23)13-14-24-25-15-16-27(31)30(25,3)20-18-26(24)29/h22-26H,4-21H2,1-3H3/t22?,23-,24-,25-,26-,29-,30-/m0/s1. The second-order valence-corrected chi connectivity index (χ2v) is 12.7. The summed E-state index contributed by atoms with van der Waals surface area (Å²) in [5.74, 6) is 3.43. The largest absolute Gasteiger partial charge is 0.462 e. The lowest BCUT2D eigenvalue weighted by Crippen LogP contribution is -2.54. The monoisotopic (exact) mass is 458 g/mol. The average Bonchev–Trinajstić information content (AvgIpc) is 3.10. The predicted molar refractivity (Wildman–Crippen MR) is 134 cm³/mol. The fourth-order valence-corrected chi connectivity index (χ4v) is 8.74.